The monoisotopic (exact) mass is 172 g/mol. The number of hydrogen-bond donors (Lipinski definition) is 0. The van der Waals surface area contributed by atoms with Crippen LogP contribution in [-0.4, -0.2) is 6.10 Å². The highest BCUT2D eigenvalue weighted by atomic mass is 16.5. The second kappa shape index (κ2) is 2.63. The van der Waals surface area contributed by atoms with Gasteiger partial charge in [0.15, 0.2) is 0 Å². The van der Waals surface area contributed by atoms with Gasteiger partial charge in [0.05, 0.1) is 0 Å². The van der Waals surface area contributed by atoms with Crippen molar-refractivity contribution < 1.29 is 4.74 Å². The molecule has 1 heterocycles. The van der Waals surface area contributed by atoms with E-state index >= 15 is 0 Å². The van der Waals surface area contributed by atoms with Crippen LogP contribution in [0.5, 0.6) is 5.75 Å². The zero-order valence-electron chi connectivity index (χ0n) is 7.49. The second-order valence-corrected chi connectivity index (χ2v) is 3.69. The van der Waals surface area contributed by atoms with Gasteiger partial charge < -0.3 is 4.74 Å². The Morgan fingerprint density at radius 3 is 3.15 bits per heavy atom. The Bertz CT molecular complexity index is 365. The number of rotatable bonds is 0. The zero-order chi connectivity index (χ0) is 8.67. The number of ether oxygens (including phenoxy) is 1. The van der Waals surface area contributed by atoms with Gasteiger partial charge in [-0.05, 0) is 30.9 Å². The minimum Gasteiger partial charge on any atom is -0.485 e. The summed E-state index contributed by atoms with van der Waals surface area (Å²) in [5.74, 6) is 1.07. The van der Waals surface area contributed by atoms with E-state index in [1.54, 1.807) is 0 Å². The lowest BCUT2D eigenvalue weighted by atomic mass is 9.93. The van der Waals surface area contributed by atoms with E-state index in [4.69, 9.17) is 4.74 Å². The molecule has 1 aromatic rings. The molecule has 2 aliphatic rings. The van der Waals surface area contributed by atoms with E-state index in [1.807, 2.05) is 6.07 Å². The topological polar surface area (TPSA) is 9.23 Å². The molecule has 0 bridgehead atoms. The van der Waals surface area contributed by atoms with Crippen LogP contribution in [0.2, 0.25) is 0 Å². The lowest BCUT2D eigenvalue weighted by Gasteiger charge is -2.16. The van der Waals surface area contributed by atoms with Gasteiger partial charge >= 0.3 is 0 Å². The van der Waals surface area contributed by atoms with Gasteiger partial charge in [-0.15, -0.1) is 0 Å². The van der Waals surface area contributed by atoms with Crippen molar-refractivity contribution in [3.05, 3.63) is 35.9 Å². The Morgan fingerprint density at radius 1 is 1.23 bits per heavy atom. The quantitative estimate of drug-likeness (QED) is 0.584. The van der Waals surface area contributed by atoms with Gasteiger partial charge in [-0.3, -0.25) is 0 Å². The van der Waals surface area contributed by atoms with Crippen LogP contribution in [0.3, 0.4) is 0 Å². The van der Waals surface area contributed by atoms with Crippen LogP contribution in [0, 0.1) is 0 Å². The third-order valence-electron chi connectivity index (χ3n) is 2.85. The molecule has 0 aromatic heterocycles. The molecule has 1 aromatic carbocycles. The van der Waals surface area contributed by atoms with E-state index in [-0.39, 0.29) is 0 Å². The SMILES string of the molecule is C1=C2c3ccccc3OC2CCC1. The number of allylic oxidation sites excluding steroid dienone is 1. The smallest absolute Gasteiger partial charge is 0.127 e. The third-order valence-corrected chi connectivity index (χ3v) is 2.85. The van der Waals surface area contributed by atoms with Gasteiger partial charge in [0.1, 0.15) is 11.9 Å². The predicted octanol–water partition coefficient (Wildman–Crippen LogP) is 3.01. The number of benzene rings is 1. The third kappa shape index (κ3) is 0.998. The summed E-state index contributed by atoms with van der Waals surface area (Å²) in [5.41, 5.74) is 2.73. The molecular formula is C12H12O. The van der Waals surface area contributed by atoms with Gasteiger partial charge in [-0.2, -0.15) is 0 Å². The molecule has 66 valence electrons. The fourth-order valence-corrected chi connectivity index (χ4v) is 2.21. The number of fused-ring (bicyclic) bond motifs is 3. The van der Waals surface area contributed by atoms with E-state index < -0.39 is 0 Å². The summed E-state index contributed by atoms with van der Waals surface area (Å²) in [7, 11) is 0. The minimum atomic E-state index is 0.353. The van der Waals surface area contributed by atoms with Crippen LogP contribution in [0.4, 0.5) is 0 Å². The molecule has 1 nitrogen and oxygen atoms in total. The Kier molecular flexibility index (Phi) is 1.45. The molecule has 0 saturated carbocycles. The van der Waals surface area contributed by atoms with Crippen LogP contribution in [0.1, 0.15) is 24.8 Å². The normalized spacial score (nSPS) is 24.3. The van der Waals surface area contributed by atoms with Crippen molar-refractivity contribution in [1.29, 1.82) is 0 Å². The van der Waals surface area contributed by atoms with Crippen molar-refractivity contribution in [3.63, 3.8) is 0 Å². The van der Waals surface area contributed by atoms with Crippen molar-refractivity contribution in [3.8, 4) is 5.75 Å². The van der Waals surface area contributed by atoms with Gasteiger partial charge in [0.2, 0.25) is 0 Å². The molecule has 0 amide bonds. The highest BCUT2D eigenvalue weighted by molar-refractivity contribution is 5.77. The van der Waals surface area contributed by atoms with Crippen LogP contribution >= 0.6 is 0 Å². The number of para-hydroxylation sites is 1. The van der Waals surface area contributed by atoms with Crippen molar-refractivity contribution in [2.75, 3.05) is 0 Å². The molecule has 1 aliphatic carbocycles. The van der Waals surface area contributed by atoms with Crippen molar-refractivity contribution in [2.45, 2.75) is 25.4 Å². The summed E-state index contributed by atoms with van der Waals surface area (Å²) in [6, 6.07) is 8.34. The van der Waals surface area contributed by atoms with Gasteiger partial charge in [0, 0.05) is 5.56 Å². The molecule has 3 rings (SSSR count). The summed E-state index contributed by atoms with van der Waals surface area (Å²) < 4.78 is 5.84. The largest absolute Gasteiger partial charge is 0.485 e. The molecule has 0 fully saturated rings. The first-order chi connectivity index (χ1) is 6.45. The maximum absolute atomic E-state index is 5.84. The highest BCUT2D eigenvalue weighted by Gasteiger charge is 2.29. The van der Waals surface area contributed by atoms with Gasteiger partial charge in [-0.25, -0.2) is 0 Å². The van der Waals surface area contributed by atoms with Crippen LogP contribution < -0.4 is 4.74 Å². The predicted molar refractivity (Wildman–Crippen MR) is 52.7 cm³/mol. The molecule has 0 N–H and O–H groups in total. The first-order valence-electron chi connectivity index (χ1n) is 4.91. The summed E-state index contributed by atoms with van der Waals surface area (Å²) in [6.45, 7) is 0. The maximum atomic E-state index is 5.84. The van der Waals surface area contributed by atoms with Crippen LogP contribution in [0.25, 0.3) is 5.57 Å². The van der Waals surface area contributed by atoms with Gasteiger partial charge in [0.25, 0.3) is 0 Å². The second-order valence-electron chi connectivity index (χ2n) is 3.69. The molecular weight excluding hydrogens is 160 g/mol. The molecule has 0 saturated heterocycles. The highest BCUT2D eigenvalue weighted by Crippen LogP contribution is 2.41. The fraction of sp³-hybridized carbons (Fsp3) is 0.333. The summed E-state index contributed by atoms with van der Waals surface area (Å²) in [4.78, 5) is 0. The van der Waals surface area contributed by atoms with E-state index in [1.165, 1.54) is 30.4 Å². The Balaban J connectivity index is 2.13. The average molecular weight is 172 g/mol. The van der Waals surface area contributed by atoms with Crippen LogP contribution in [-0.2, 0) is 0 Å². The Hall–Kier alpha value is -1.24. The Labute approximate surface area is 78.0 Å². The summed E-state index contributed by atoms with van der Waals surface area (Å²) >= 11 is 0. The average Bonchev–Trinajstić information content (AvgIpc) is 2.56. The molecule has 1 heteroatoms. The Morgan fingerprint density at radius 2 is 2.15 bits per heavy atom. The van der Waals surface area contributed by atoms with Crippen molar-refractivity contribution in [1.82, 2.24) is 0 Å². The number of hydrogen-bond acceptors (Lipinski definition) is 1. The fourth-order valence-electron chi connectivity index (χ4n) is 2.21. The van der Waals surface area contributed by atoms with Crippen molar-refractivity contribution >= 4 is 5.57 Å². The maximum Gasteiger partial charge on any atom is 0.127 e. The molecule has 1 atom stereocenters. The standard InChI is InChI=1S/C12H12O/c1-3-7-11-9(5-1)10-6-2-4-8-12(10)13-11/h1,3,5-7,12H,2,4,8H2. The van der Waals surface area contributed by atoms with E-state index in [9.17, 15) is 0 Å². The molecule has 0 radical (unpaired) electrons. The van der Waals surface area contributed by atoms with Gasteiger partial charge in [-0.1, -0.05) is 24.3 Å². The van der Waals surface area contributed by atoms with E-state index in [0.29, 0.717) is 6.10 Å². The molecule has 13 heavy (non-hydrogen) atoms. The summed E-state index contributed by atoms with van der Waals surface area (Å²) in [6.07, 6.45) is 6.35. The van der Waals surface area contributed by atoms with Crippen LogP contribution in [0.15, 0.2) is 30.3 Å². The molecule has 0 spiro atoms. The lowest BCUT2D eigenvalue weighted by Crippen LogP contribution is -2.14. The minimum absolute atomic E-state index is 0.353. The molecule has 1 unspecified atom stereocenters. The lowest BCUT2D eigenvalue weighted by molar-refractivity contribution is 0.257. The van der Waals surface area contributed by atoms with E-state index in [0.717, 1.165) is 5.75 Å². The summed E-state index contributed by atoms with van der Waals surface area (Å²) in [5, 5.41) is 0. The van der Waals surface area contributed by atoms with E-state index in [2.05, 4.69) is 24.3 Å². The first kappa shape index (κ1) is 7.19. The zero-order valence-corrected chi connectivity index (χ0v) is 7.49. The van der Waals surface area contributed by atoms with Crippen molar-refractivity contribution in [2.24, 2.45) is 0 Å². The molecule has 1 aliphatic heterocycles. The first-order valence-corrected chi connectivity index (χ1v) is 4.91.